The molecule has 22 heavy (non-hydrogen) atoms. The summed E-state index contributed by atoms with van der Waals surface area (Å²) in [7, 11) is 0. The van der Waals surface area contributed by atoms with Crippen molar-refractivity contribution >= 4 is 22.7 Å². The van der Waals surface area contributed by atoms with Gasteiger partial charge in [0.2, 0.25) is 0 Å². The van der Waals surface area contributed by atoms with Crippen LogP contribution in [0.5, 0.6) is 0 Å². The average Bonchev–Trinajstić information content (AvgIpc) is 3.25. The van der Waals surface area contributed by atoms with E-state index in [1.165, 1.54) is 0 Å². The molecule has 2 saturated heterocycles. The lowest BCUT2D eigenvalue weighted by atomic mass is 10.2. The maximum absolute atomic E-state index is 12.4. The summed E-state index contributed by atoms with van der Waals surface area (Å²) in [4.78, 5) is 21.0. The molecule has 2 aliphatic rings. The summed E-state index contributed by atoms with van der Waals surface area (Å²) in [5, 5.41) is 1.03. The number of furan rings is 1. The zero-order chi connectivity index (χ0) is 14.9. The third-order valence-corrected chi connectivity index (χ3v) is 4.45. The summed E-state index contributed by atoms with van der Waals surface area (Å²) in [5.41, 5.74) is 0.850. The van der Waals surface area contributed by atoms with E-state index in [9.17, 15) is 4.79 Å². The molecule has 2 aromatic heterocycles. The van der Waals surface area contributed by atoms with Crippen LogP contribution in [0.3, 0.4) is 0 Å². The topological polar surface area (TPSA) is 58.8 Å². The number of nitrogens with zero attached hydrogens (tertiary/aromatic N) is 3. The number of pyridine rings is 1. The van der Waals surface area contributed by atoms with Gasteiger partial charge >= 0.3 is 0 Å². The van der Waals surface area contributed by atoms with Crippen LogP contribution < -0.4 is 4.90 Å². The molecule has 6 nitrogen and oxygen atoms in total. The van der Waals surface area contributed by atoms with Crippen molar-refractivity contribution in [3.05, 3.63) is 24.6 Å². The third-order valence-electron chi connectivity index (χ3n) is 4.45. The van der Waals surface area contributed by atoms with Gasteiger partial charge in [0, 0.05) is 39.0 Å². The van der Waals surface area contributed by atoms with Crippen molar-refractivity contribution in [1.82, 2.24) is 9.88 Å². The quantitative estimate of drug-likeness (QED) is 0.844. The van der Waals surface area contributed by atoms with Crippen molar-refractivity contribution in [2.24, 2.45) is 0 Å². The molecule has 2 aromatic rings. The number of fused-ring (bicyclic) bond motifs is 1. The van der Waals surface area contributed by atoms with Crippen molar-refractivity contribution in [3.63, 3.8) is 0 Å². The zero-order valence-corrected chi connectivity index (χ0v) is 12.4. The Hall–Kier alpha value is -2.08. The number of amides is 1. The SMILES string of the molecule is O=C(C1CCCO1)N1CCN(c2nccc3occc23)CC1. The van der Waals surface area contributed by atoms with Crippen LogP contribution in [-0.2, 0) is 9.53 Å². The first kappa shape index (κ1) is 13.6. The molecule has 1 unspecified atom stereocenters. The van der Waals surface area contributed by atoms with Gasteiger partial charge in [0.1, 0.15) is 17.5 Å². The number of carbonyl (C=O) groups excluding carboxylic acids is 1. The van der Waals surface area contributed by atoms with Gasteiger partial charge in [0.15, 0.2) is 0 Å². The predicted molar refractivity (Wildman–Crippen MR) is 81.8 cm³/mol. The van der Waals surface area contributed by atoms with E-state index in [0.29, 0.717) is 19.7 Å². The van der Waals surface area contributed by atoms with Crippen molar-refractivity contribution in [2.75, 3.05) is 37.7 Å². The Kier molecular flexibility index (Phi) is 3.46. The number of piperazine rings is 1. The van der Waals surface area contributed by atoms with Crippen molar-refractivity contribution in [3.8, 4) is 0 Å². The van der Waals surface area contributed by atoms with Gasteiger partial charge in [-0.2, -0.15) is 0 Å². The minimum Gasteiger partial charge on any atom is -0.464 e. The molecule has 1 amide bonds. The van der Waals surface area contributed by atoms with Gasteiger partial charge in [-0.25, -0.2) is 4.98 Å². The fourth-order valence-corrected chi connectivity index (χ4v) is 3.25. The second-order valence-corrected chi connectivity index (χ2v) is 5.78. The minimum atomic E-state index is -0.220. The van der Waals surface area contributed by atoms with Crippen LogP contribution in [0.4, 0.5) is 5.82 Å². The van der Waals surface area contributed by atoms with E-state index in [0.717, 1.165) is 42.7 Å². The van der Waals surface area contributed by atoms with Gasteiger partial charge in [-0.15, -0.1) is 0 Å². The molecule has 0 saturated carbocycles. The van der Waals surface area contributed by atoms with E-state index in [2.05, 4.69) is 9.88 Å². The van der Waals surface area contributed by atoms with Gasteiger partial charge in [-0.05, 0) is 25.0 Å². The van der Waals surface area contributed by atoms with Crippen LogP contribution in [-0.4, -0.2) is 54.7 Å². The van der Waals surface area contributed by atoms with Crippen molar-refractivity contribution < 1.29 is 13.9 Å². The fourth-order valence-electron chi connectivity index (χ4n) is 3.25. The smallest absolute Gasteiger partial charge is 0.251 e. The number of hydrogen-bond acceptors (Lipinski definition) is 5. The molecular weight excluding hydrogens is 282 g/mol. The summed E-state index contributed by atoms with van der Waals surface area (Å²) >= 11 is 0. The van der Waals surface area contributed by atoms with E-state index in [1.54, 1.807) is 12.5 Å². The van der Waals surface area contributed by atoms with Crippen LogP contribution >= 0.6 is 0 Å². The van der Waals surface area contributed by atoms with Crippen LogP contribution in [0.25, 0.3) is 11.0 Å². The molecule has 0 spiro atoms. The number of aromatic nitrogens is 1. The molecule has 0 aliphatic carbocycles. The highest BCUT2D eigenvalue weighted by Crippen LogP contribution is 2.26. The Morgan fingerprint density at radius 2 is 2.09 bits per heavy atom. The molecule has 4 rings (SSSR count). The standard InChI is InChI=1S/C16H19N3O3/c20-16(14-2-1-10-21-14)19-8-6-18(7-9-19)15-12-4-11-22-13(12)3-5-17-15/h3-5,11,14H,1-2,6-10H2. The number of anilines is 1. The largest absolute Gasteiger partial charge is 0.464 e. The normalized spacial score (nSPS) is 22.5. The maximum atomic E-state index is 12.4. The molecule has 4 heterocycles. The summed E-state index contributed by atoms with van der Waals surface area (Å²) < 4.78 is 10.9. The van der Waals surface area contributed by atoms with E-state index < -0.39 is 0 Å². The lowest BCUT2D eigenvalue weighted by molar-refractivity contribution is -0.141. The summed E-state index contributed by atoms with van der Waals surface area (Å²) in [6.45, 7) is 3.72. The number of rotatable bonds is 2. The third kappa shape index (κ3) is 2.33. The second-order valence-electron chi connectivity index (χ2n) is 5.78. The Labute approximate surface area is 128 Å². The summed E-state index contributed by atoms with van der Waals surface area (Å²) in [5.74, 6) is 1.09. The van der Waals surface area contributed by atoms with Gasteiger partial charge in [-0.3, -0.25) is 4.79 Å². The highest BCUT2D eigenvalue weighted by atomic mass is 16.5. The lowest BCUT2D eigenvalue weighted by Crippen LogP contribution is -2.51. The number of hydrogen-bond donors (Lipinski definition) is 0. The first-order chi connectivity index (χ1) is 10.8. The fraction of sp³-hybridized carbons (Fsp3) is 0.500. The number of ether oxygens (including phenoxy) is 1. The maximum Gasteiger partial charge on any atom is 0.251 e. The molecule has 2 fully saturated rings. The van der Waals surface area contributed by atoms with Gasteiger partial charge in [0.25, 0.3) is 5.91 Å². The van der Waals surface area contributed by atoms with Gasteiger partial charge in [-0.1, -0.05) is 0 Å². The molecular formula is C16H19N3O3. The summed E-state index contributed by atoms with van der Waals surface area (Å²) in [6, 6.07) is 3.82. The van der Waals surface area contributed by atoms with Crippen molar-refractivity contribution in [2.45, 2.75) is 18.9 Å². The van der Waals surface area contributed by atoms with E-state index in [4.69, 9.17) is 9.15 Å². The molecule has 116 valence electrons. The molecule has 0 N–H and O–H groups in total. The highest BCUT2D eigenvalue weighted by molar-refractivity contribution is 5.88. The molecule has 0 bridgehead atoms. The van der Waals surface area contributed by atoms with Crippen LogP contribution in [0, 0.1) is 0 Å². The Balaban J connectivity index is 1.45. The Morgan fingerprint density at radius 1 is 1.23 bits per heavy atom. The first-order valence-corrected chi connectivity index (χ1v) is 7.80. The van der Waals surface area contributed by atoms with Crippen LogP contribution in [0.1, 0.15) is 12.8 Å². The van der Waals surface area contributed by atoms with Crippen LogP contribution in [0.2, 0.25) is 0 Å². The van der Waals surface area contributed by atoms with E-state index in [-0.39, 0.29) is 12.0 Å². The van der Waals surface area contributed by atoms with Crippen molar-refractivity contribution in [1.29, 1.82) is 0 Å². The lowest BCUT2D eigenvalue weighted by Gasteiger charge is -2.36. The predicted octanol–water partition coefficient (Wildman–Crippen LogP) is 1.66. The number of carbonyl (C=O) groups is 1. The second kappa shape index (κ2) is 5.61. The molecule has 1 atom stereocenters. The molecule has 6 heteroatoms. The zero-order valence-electron chi connectivity index (χ0n) is 12.4. The first-order valence-electron chi connectivity index (χ1n) is 7.80. The molecule has 0 aromatic carbocycles. The highest BCUT2D eigenvalue weighted by Gasteiger charge is 2.30. The van der Waals surface area contributed by atoms with Gasteiger partial charge in [0.05, 0.1) is 11.6 Å². The monoisotopic (exact) mass is 301 g/mol. The summed E-state index contributed by atoms with van der Waals surface area (Å²) in [6.07, 6.45) is 5.08. The molecule has 2 aliphatic heterocycles. The van der Waals surface area contributed by atoms with E-state index in [1.807, 2.05) is 17.0 Å². The van der Waals surface area contributed by atoms with E-state index >= 15 is 0 Å². The van der Waals surface area contributed by atoms with Gasteiger partial charge < -0.3 is 19.0 Å². The van der Waals surface area contributed by atoms with Crippen LogP contribution in [0.15, 0.2) is 29.0 Å². The molecule has 0 radical (unpaired) electrons. The minimum absolute atomic E-state index is 0.145. The average molecular weight is 301 g/mol. The Bertz CT molecular complexity index is 670. The Morgan fingerprint density at radius 3 is 2.86 bits per heavy atom.